The molecule has 6 nitrogen and oxygen atoms in total. The van der Waals surface area contributed by atoms with Crippen LogP contribution in [0.4, 0.5) is 10.2 Å². The van der Waals surface area contributed by atoms with Gasteiger partial charge in [-0.15, -0.1) is 10.2 Å². The molecule has 32 heavy (non-hydrogen) atoms. The zero-order valence-corrected chi connectivity index (χ0v) is 18.1. The van der Waals surface area contributed by atoms with E-state index in [0.29, 0.717) is 13.0 Å². The van der Waals surface area contributed by atoms with Crippen LogP contribution < -0.4 is 15.0 Å². The lowest BCUT2D eigenvalue weighted by atomic mass is 9.96. The number of carbonyl (C=O) groups excluding carboxylic acids is 1. The fourth-order valence-electron chi connectivity index (χ4n) is 3.91. The fourth-order valence-corrected chi connectivity index (χ4v) is 3.91. The van der Waals surface area contributed by atoms with Gasteiger partial charge < -0.3 is 15.0 Å². The molecule has 1 aliphatic heterocycles. The first-order chi connectivity index (χ1) is 15.6. The van der Waals surface area contributed by atoms with Gasteiger partial charge in [-0.2, -0.15) is 0 Å². The Bertz CT molecular complexity index is 1020. The summed E-state index contributed by atoms with van der Waals surface area (Å²) in [7, 11) is 1.64. The van der Waals surface area contributed by atoms with Crippen molar-refractivity contribution >= 4 is 11.7 Å². The van der Waals surface area contributed by atoms with Gasteiger partial charge in [0.2, 0.25) is 5.91 Å². The number of benzene rings is 2. The maximum absolute atomic E-state index is 13.0. The number of anilines is 1. The van der Waals surface area contributed by atoms with Gasteiger partial charge in [0.1, 0.15) is 11.6 Å². The summed E-state index contributed by atoms with van der Waals surface area (Å²) >= 11 is 0. The molecule has 0 aliphatic carbocycles. The summed E-state index contributed by atoms with van der Waals surface area (Å²) in [6.45, 7) is 2.10. The normalized spacial score (nSPS) is 14.2. The summed E-state index contributed by atoms with van der Waals surface area (Å²) in [5.41, 5.74) is 2.81. The average Bonchev–Trinajstić information content (AvgIpc) is 2.85. The van der Waals surface area contributed by atoms with Crippen LogP contribution in [0.25, 0.3) is 11.3 Å². The monoisotopic (exact) mass is 434 g/mol. The summed E-state index contributed by atoms with van der Waals surface area (Å²) in [5, 5.41) is 11.8. The molecule has 3 aromatic rings. The standard InChI is InChI=1S/C25H27FN4O2/c1-32-22-8-4-19(5-9-22)23-10-11-24(29-28-23)30-16-13-20(14-17-30)25(31)27-15-12-18-2-6-21(26)7-3-18/h2-11,20H,12-17H2,1H3,(H,27,31). The summed E-state index contributed by atoms with van der Waals surface area (Å²) in [6.07, 6.45) is 2.26. The van der Waals surface area contributed by atoms with Crippen LogP contribution in [0.1, 0.15) is 18.4 Å². The van der Waals surface area contributed by atoms with E-state index in [-0.39, 0.29) is 17.6 Å². The number of nitrogens with zero attached hydrogens (tertiary/aromatic N) is 3. The third-order valence-electron chi connectivity index (χ3n) is 5.85. The van der Waals surface area contributed by atoms with Crippen molar-refractivity contribution in [2.75, 3.05) is 31.6 Å². The van der Waals surface area contributed by atoms with Gasteiger partial charge in [-0.3, -0.25) is 4.79 Å². The van der Waals surface area contributed by atoms with Crippen LogP contribution in [0.5, 0.6) is 5.75 Å². The van der Waals surface area contributed by atoms with Crippen molar-refractivity contribution in [3.05, 3.63) is 72.0 Å². The number of hydrogen-bond acceptors (Lipinski definition) is 5. The smallest absolute Gasteiger partial charge is 0.223 e. The molecule has 1 N–H and O–H groups in total. The van der Waals surface area contributed by atoms with Crippen molar-refractivity contribution in [3.63, 3.8) is 0 Å². The minimum Gasteiger partial charge on any atom is -0.497 e. The maximum Gasteiger partial charge on any atom is 0.223 e. The van der Waals surface area contributed by atoms with Gasteiger partial charge in [-0.05, 0) is 73.4 Å². The predicted octanol–water partition coefficient (Wildman–Crippen LogP) is 3.87. The van der Waals surface area contributed by atoms with E-state index in [4.69, 9.17) is 4.74 Å². The SMILES string of the molecule is COc1ccc(-c2ccc(N3CCC(C(=O)NCCc4ccc(F)cc4)CC3)nn2)cc1. The van der Waals surface area contributed by atoms with Crippen molar-refractivity contribution in [2.24, 2.45) is 5.92 Å². The highest BCUT2D eigenvalue weighted by Crippen LogP contribution is 2.24. The van der Waals surface area contributed by atoms with E-state index < -0.39 is 0 Å². The van der Waals surface area contributed by atoms with Gasteiger partial charge in [0.05, 0.1) is 12.8 Å². The number of amides is 1. The molecule has 1 saturated heterocycles. The van der Waals surface area contributed by atoms with E-state index in [1.165, 1.54) is 12.1 Å². The van der Waals surface area contributed by atoms with Crippen molar-refractivity contribution in [2.45, 2.75) is 19.3 Å². The van der Waals surface area contributed by atoms with Crippen molar-refractivity contribution in [1.29, 1.82) is 0 Å². The van der Waals surface area contributed by atoms with Crippen LogP contribution in [-0.2, 0) is 11.2 Å². The van der Waals surface area contributed by atoms with Gasteiger partial charge in [-0.25, -0.2) is 4.39 Å². The molecule has 0 atom stereocenters. The van der Waals surface area contributed by atoms with Crippen LogP contribution in [0.3, 0.4) is 0 Å². The molecule has 1 aromatic heterocycles. The van der Waals surface area contributed by atoms with E-state index in [2.05, 4.69) is 20.4 Å². The number of aromatic nitrogens is 2. The lowest BCUT2D eigenvalue weighted by Gasteiger charge is -2.31. The summed E-state index contributed by atoms with van der Waals surface area (Å²) < 4.78 is 18.2. The highest BCUT2D eigenvalue weighted by molar-refractivity contribution is 5.79. The molecule has 0 saturated carbocycles. The van der Waals surface area contributed by atoms with Gasteiger partial charge in [0, 0.05) is 31.1 Å². The molecule has 4 rings (SSSR count). The number of ether oxygens (including phenoxy) is 1. The van der Waals surface area contributed by atoms with Gasteiger partial charge in [0.15, 0.2) is 5.82 Å². The van der Waals surface area contributed by atoms with E-state index in [9.17, 15) is 9.18 Å². The van der Waals surface area contributed by atoms with Crippen LogP contribution in [-0.4, -0.2) is 42.8 Å². The second-order valence-electron chi connectivity index (χ2n) is 7.93. The first-order valence-corrected chi connectivity index (χ1v) is 10.9. The third kappa shape index (κ3) is 5.41. The van der Waals surface area contributed by atoms with E-state index >= 15 is 0 Å². The van der Waals surface area contributed by atoms with Crippen LogP contribution >= 0.6 is 0 Å². The van der Waals surface area contributed by atoms with Crippen molar-refractivity contribution in [1.82, 2.24) is 15.5 Å². The largest absolute Gasteiger partial charge is 0.497 e. The Morgan fingerprint density at radius 2 is 1.75 bits per heavy atom. The van der Waals surface area contributed by atoms with Crippen LogP contribution in [0.2, 0.25) is 0 Å². The Hall–Kier alpha value is -3.48. The number of piperidine rings is 1. The fraction of sp³-hybridized carbons (Fsp3) is 0.320. The second kappa shape index (κ2) is 10.2. The minimum absolute atomic E-state index is 0.00555. The van der Waals surface area contributed by atoms with Crippen molar-refractivity contribution < 1.29 is 13.9 Å². The van der Waals surface area contributed by atoms with E-state index in [1.54, 1.807) is 19.2 Å². The molecule has 2 aromatic carbocycles. The Morgan fingerprint density at radius 1 is 1.03 bits per heavy atom. The first kappa shape index (κ1) is 21.7. The first-order valence-electron chi connectivity index (χ1n) is 10.9. The minimum atomic E-state index is -0.246. The molecule has 7 heteroatoms. The molecule has 1 fully saturated rings. The van der Waals surface area contributed by atoms with Gasteiger partial charge >= 0.3 is 0 Å². The van der Waals surface area contributed by atoms with Gasteiger partial charge in [-0.1, -0.05) is 12.1 Å². The molecular weight excluding hydrogens is 407 g/mol. The number of carbonyl (C=O) groups is 1. The van der Waals surface area contributed by atoms with E-state index in [0.717, 1.165) is 54.3 Å². The zero-order chi connectivity index (χ0) is 22.3. The molecule has 0 bridgehead atoms. The highest BCUT2D eigenvalue weighted by atomic mass is 19.1. The molecular formula is C25H27FN4O2. The lowest BCUT2D eigenvalue weighted by molar-refractivity contribution is -0.125. The molecule has 0 unspecified atom stereocenters. The molecule has 2 heterocycles. The second-order valence-corrected chi connectivity index (χ2v) is 7.93. The number of halogens is 1. The Kier molecular flexibility index (Phi) is 6.94. The number of rotatable bonds is 7. The molecule has 1 aliphatic rings. The van der Waals surface area contributed by atoms with Crippen LogP contribution in [0.15, 0.2) is 60.7 Å². The topological polar surface area (TPSA) is 67.3 Å². The molecule has 166 valence electrons. The van der Waals surface area contributed by atoms with Crippen molar-refractivity contribution in [3.8, 4) is 17.0 Å². The maximum atomic E-state index is 13.0. The molecule has 1 amide bonds. The average molecular weight is 435 g/mol. The van der Waals surface area contributed by atoms with Gasteiger partial charge in [0.25, 0.3) is 0 Å². The lowest BCUT2D eigenvalue weighted by Crippen LogP contribution is -2.41. The quantitative estimate of drug-likeness (QED) is 0.612. The molecule has 0 spiro atoms. The number of methoxy groups -OCH3 is 1. The summed E-state index contributed by atoms with van der Waals surface area (Å²) in [6, 6.07) is 18.1. The Balaban J connectivity index is 1.24. The molecule has 0 radical (unpaired) electrons. The van der Waals surface area contributed by atoms with Crippen LogP contribution in [0, 0.1) is 11.7 Å². The third-order valence-corrected chi connectivity index (χ3v) is 5.85. The number of hydrogen-bond donors (Lipinski definition) is 1. The predicted molar refractivity (Wildman–Crippen MR) is 122 cm³/mol. The highest BCUT2D eigenvalue weighted by Gasteiger charge is 2.25. The number of nitrogens with one attached hydrogen (secondary N) is 1. The Labute approximate surface area is 187 Å². The van der Waals surface area contributed by atoms with E-state index in [1.807, 2.05) is 36.4 Å². The zero-order valence-electron chi connectivity index (χ0n) is 18.1. The summed E-state index contributed by atoms with van der Waals surface area (Å²) in [5.74, 6) is 1.49. The Morgan fingerprint density at radius 3 is 2.38 bits per heavy atom. The summed E-state index contributed by atoms with van der Waals surface area (Å²) in [4.78, 5) is 14.7.